The van der Waals surface area contributed by atoms with Gasteiger partial charge in [0.25, 0.3) is 0 Å². The van der Waals surface area contributed by atoms with Gasteiger partial charge in [-0.25, -0.2) is 0 Å². The van der Waals surface area contributed by atoms with Crippen molar-refractivity contribution in [2.45, 2.75) is 13.0 Å². The summed E-state index contributed by atoms with van der Waals surface area (Å²) in [5, 5.41) is 12.0. The number of hydrogen-bond acceptors (Lipinski definition) is 5. The van der Waals surface area contributed by atoms with Gasteiger partial charge in [0.2, 0.25) is 5.91 Å². The molecule has 0 aliphatic rings. The molecule has 1 atom stereocenters. The lowest BCUT2D eigenvalue weighted by molar-refractivity contribution is -0.125. The zero-order valence-corrected chi connectivity index (χ0v) is 9.43. The van der Waals surface area contributed by atoms with Crippen LogP contribution in [0.15, 0.2) is 18.2 Å². The lowest BCUT2D eigenvalue weighted by atomic mass is 10.1. The number of benzene rings is 1. The molecule has 0 radical (unpaired) electrons. The van der Waals surface area contributed by atoms with Crippen molar-refractivity contribution in [2.24, 2.45) is 5.73 Å². The fourth-order valence-electron chi connectivity index (χ4n) is 1.31. The molecule has 0 aliphatic heterocycles. The molecule has 0 bridgehead atoms. The zero-order valence-electron chi connectivity index (χ0n) is 9.43. The van der Waals surface area contributed by atoms with E-state index < -0.39 is 12.0 Å². The number of aliphatic hydroxyl groups is 1. The molecule has 1 aromatic rings. The molecule has 0 saturated heterocycles. The number of ketones is 1. The molecular formula is C11H15N3O3. The molecule has 6 nitrogen and oxygen atoms in total. The van der Waals surface area contributed by atoms with Gasteiger partial charge in [0.15, 0.2) is 5.78 Å². The van der Waals surface area contributed by atoms with Gasteiger partial charge in [-0.1, -0.05) is 0 Å². The molecule has 0 aromatic heterocycles. The second-order valence-corrected chi connectivity index (χ2v) is 3.66. The Labute approximate surface area is 98.6 Å². The first kappa shape index (κ1) is 13.0. The Kier molecular flexibility index (Phi) is 4.06. The molecule has 0 spiro atoms. The SMILES string of the molecule is CC(=O)c1ccc(NCC(O)C(N)=O)cc1N. The number of rotatable bonds is 5. The minimum Gasteiger partial charge on any atom is -0.398 e. The number of carbonyl (C=O) groups excluding carboxylic acids is 2. The van der Waals surface area contributed by atoms with Crippen molar-refractivity contribution in [1.82, 2.24) is 0 Å². The van der Waals surface area contributed by atoms with E-state index in [2.05, 4.69) is 5.32 Å². The second kappa shape index (κ2) is 5.31. The molecule has 17 heavy (non-hydrogen) atoms. The second-order valence-electron chi connectivity index (χ2n) is 3.66. The van der Waals surface area contributed by atoms with Gasteiger partial charge >= 0.3 is 0 Å². The third-order valence-corrected chi connectivity index (χ3v) is 2.26. The molecule has 1 unspecified atom stereocenters. The number of Topliss-reactive ketones (excluding diaryl/α,β-unsaturated/α-hetero) is 1. The summed E-state index contributed by atoms with van der Waals surface area (Å²) in [5.41, 5.74) is 12.0. The van der Waals surface area contributed by atoms with Gasteiger partial charge in [0.05, 0.1) is 0 Å². The summed E-state index contributed by atoms with van der Waals surface area (Å²) >= 11 is 0. The van der Waals surface area contributed by atoms with E-state index in [0.29, 0.717) is 16.9 Å². The van der Waals surface area contributed by atoms with Gasteiger partial charge in [-0.05, 0) is 25.1 Å². The molecule has 1 amide bonds. The highest BCUT2D eigenvalue weighted by molar-refractivity contribution is 5.99. The van der Waals surface area contributed by atoms with Crippen LogP contribution in [0.4, 0.5) is 11.4 Å². The van der Waals surface area contributed by atoms with Gasteiger partial charge in [-0.2, -0.15) is 0 Å². The van der Waals surface area contributed by atoms with Gasteiger partial charge < -0.3 is 21.9 Å². The molecule has 0 fully saturated rings. The number of aliphatic hydroxyl groups excluding tert-OH is 1. The van der Waals surface area contributed by atoms with Crippen LogP contribution in [-0.4, -0.2) is 29.4 Å². The predicted molar refractivity (Wildman–Crippen MR) is 64.5 cm³/mol. The highest BCUT2D eigenvalue weighted by atomic mass is 16.3. The maximum Gasteiger partial charge on any atom is 0.248 e. The fourth-order valence-corrected chi connectivity index (χ4v) is 1.31. The Morgan fingerprint density at radius 2 is 2.12 bits per heavy atom. The van der Waals surface area contributed by atoms with Crippen LogP contribution < -0.4 is 16.8 Å². The first-order chi connectivity index (χ1) is 7.91. The topological polar surface area (TPSA) is 118 Å². The first-order valence-electron chi connectivity index (χ1n) is 5.03. The van der Waals surface area contributed by atoms with Crippen LogP contribution in [-0.2, 0) is 4.79 Å². The molecule has 0 saturated carbocycles. The maximum absolute atomic E-state index is 11.1. The number of amides is 1. The predicted octanol–water partition coefficient (Wildman–Crippen LogP) is -0.271. The summed E-state index contributed by atoms with van der Waals surface area (Å²) < 4.78 is 0. The van der Waals surface area contributed by atoms with Crippen LogP contribution >= 0.6 is 0 Å². The van der Waals surface area contributed by atoms with Crippen molar-refractivity contribution < 1.29 is 14.7 Å². The standard InChI is InChI=1S/C11H15N3O3/c1-6(15)8-3-2-7(4-9(8)12)14-5-10(16)11(13)17/h2-4,10,14,16H,5,12H2,1H3,(H2,13,17). The van der Waals surface area contributed by atoms with Gasteiger partial charge in [-0.3, -0.25) is 9.59 Å². The third-order valence-electron chi connectivity index (χ3n) is 2.26. The molecule has 6 N–H and O–H groups in total. The third kappa shape index (κ3) is 3.46. The summed E-state index contributed by atoms with van der Waals surface area (Å²) in [7, 11) is 0. The summed E-state index contributed by atoms with van der Waals surface area (Å²) in [5.74, 6) is -0.919. The lowest BCUT2D eigenvalue weighted by Gasteiger charge is -2.11. The number of nitrogen functional groups attached to an aromatic ring is 1. The fraction of sp³-hybridized carbons (Fsp3) is 0.273. The number of nitrogens with two attached hydrogens (primary N) is 2. The molecule has 1 aromatic carbocycles. The van der Waals surface area contributed by atoms with Gasteiger partial charge in [0, 0.05) is 23.5 Å². The highest BCUT2D eigenvalue weighted by Gasteiger charge is 2.10. The largest absolute Gasteiger partial charge is 0.398 e. The number of anilines is 2. The van der Waals surface area contributed by atoms with E-state index in [0.717, 1.165) is 0 Å². The van der Waals surface area contributed by atoms with Crippen LogP contribution in [0, 0.1) is 0 Å². The van der Waals surface area contributed by atoms with Crippen LogP contribution in [0.3, 0.4) is 0 Å². The average molecular weight is 237 g/mol. The number of nitrogens with one attached hydrogen (secondary N) is 1. The van der Waals surface area contributed by atoms with E-state index in [-0.39, 0.29) is 12.3 Å². The Morgan fingerprint density at radius 3 is 2.59 bits per heavy atom. The van der Waals surface area contributed by atoms with E-state index >= 15 is 0 Å². The van der Waals surface area contributed by atoms with Crippen molar-refractivity contribution in [3.8, 4) is 0 Å². The van der Waals surface area contributed by atoms with E-state index in [9.17, 15) is 14.7 Å². The van der Waals surface area contributed by atoms with E-state index in [1.54, 1.807) is 18.2 Å². The smallest absolute Gasteiger partial charge is 0.248 e. The van der Waals surface area contributed by atoms with Crippen LogP contribution in [0.1, 0.15) is 17.3 Å². The maximum atomic E-state index is 11.1. The monoisotopic (exact) mass is 237 g/mol. The summed E-state index contributed by atoms with van der Waals surface area (Å²) in [4.78, 5) is 21.7. The Hall–Kier alpha value is -2.08. The van der Waals surface area contributed by atoms with Gasteiger partial charge in [-0.15, -0.1) is 0 Å². The molecule has 1 rings (SSSR count). The molecule has 6 heteroatoms. The van der Waals surface area contributed by atoms with E-state index in [1.807, 2.05) is 0 Å². The molecule has 0 aliphatic carbocycles. The number of carbonyl (C=O) groups is 2. The minimum atomic E-state index is -1.26. The minimum absolute atomic E-state index is 0.00576. The Balaban J connectivity index is 2.71. The summed E-state index contributed by atoms with van der Waals surface area (Å²) in [6.45, 7) is 1.42. The average Bonchev–Trinajstić information content (AvgIpc) is 2.25. The molecule has 92 valence electrons. The Bertz CT molecular complexity index is 446. The van der Waals surface area contributed by atoms with Crippen molar-refractivity contribution in [3.05, 3.63) is 23.8 Å². The molecule has 0 heterocycles. The van der Waals surface area contributed by atoms with Crippen molar-refractivity contribution in [1.29, 1.82) is 0 Å². The van der Waals surface area contributed by atoms with Gasteiger partial charge in [0.1, 0.15) is 6.10 Å². The lowest BCUT2D eigenvalue weighted by Crippen LogP contribution is -2.34. The summed E-state index contributed by atoms with van der Waals surface area (Å²) in [6, 6.07) is 4.78. The van der Waals surface area contributed by atoms with E-state index in [1.165, 1.54) is 6.92 Å². The van der Waals surface area contributed by atoms with E-state index in [4.69, 9.17) is 11.5 Å². The van der Waals surface area contributed by atoms with Crippen molar-refractivity contribution in [2.75, 3.05) is 17.6 Å². The summed E-state index contributed by atoms with van der Waals surface area (Å²) in [6.07, 6.45) is -1.26. The normalized spacial score (nSPS) is 11.9. The van der Waals surface area contributed by atoms with Crippen LogP contribution in [0.25, 0.3) is 0 Å². The quantitative estimate of drug-likeness (QED) is 0.415. The van der Waals surface area contributed by atoms with Crippen LogP contribution in [0.5, 0.6) is 0 Å². The number of primary amides is 1. The Morgan fingerprint density at radius 1 is 1.47 bits per heavy atom. The zero-order chi connectivity index (χ0) is 13.0. The number of hydrogen-bond donors (Lipinski definition) is 4. The molecular weight excluding hydrogens is 222 g/mol. The van der Waals surface area contributed by atoms with Crippen molar-refractivity contribution in [3.63, 3.8) is 0 Å². The van der Waals surface area contributed by atoms with Crippen LogP contribution in [0.2, 0.25) is 0 Å². The highest BCUT2D eigenvalue weighted by Crippen LogP contribution is 2.18. The van der Waals surface area contributed by atoms with Crippen molar-refractivity contribution >= 4 is 23.1 Å². The first-order valence-corrected chi connectivity index (χ1v) is 5.03.